The summed E-state index contributed by atoms with van der Waals surface area (Å²) in [6, 6.07) is 1.95. The van der Waals surface area contributed by atoms with Crippen LogP contribution in [0.4, 0.5) is 8.78 Å². The van der Waals surface area contributed by atoms with Gasteiger partial charge < -0.3 is 5.11 Å². The molecule has 1 rings (SSSR count). The second-order valence-corrected chi connectivity index (χ2v) is 4.18. The van der Waals surface area contributed by atoms with Crippen molar-refractivity contribution < 1.29 is 22.3 Å². The van der Waals surface area contributed by atoms with Gasteiger partial charge in [0.15, 0.2) is 5.75 Å². The summed E-state index contributed by atoms with van der Waals surface area (Å²) in [6.07, 6.45) is -3.08. The molecule has 0 aliphatic carbocycles. The Morgan fingerprint density at radius 1 is 1.56 bits per heavy atom. The summed E-state index contributed by atoms with van der Waals surface area (Å²) < 4.78 is 46.4. The summed E-state index contributed by atoms with van der Waals surface area (Å²) in [5.74, 6) is -1.03. The summed E-state index contributed by atoms with van der Waals surface area (Å²) in [5, 5.41) is 21.2. The van der Waals surface area contributed by atoms with Crippen LogP contribution in [-0.2, 0) is 10.0 Å². The third-order valence-electron chi connectivity index (χ3n) is 1.59. The molecule has 0 spiro atoms. The first-order valence-corrected chi connectivity index (χ1v) is 5.27. The van der Waals surface area contributed by atoms with Crippen LogP contribution in [0.3, 0.4) is 0 Å². The molecule has 1 heterocycles. The Bertz CT molecular complexity index is 565. The number of aromatic hydroxyl groups is 1. The lowest BCUT2D eigenvalue weighted by Gasteiger charge is -2.06. The maximum Gasteiger partial charge on any atom is 0.280 e. The van der Waals surface area contributed by atoms with Crippen molar-refractivity contribution in [1.29, 1.82) is 5.26 Å². The average Bonchev–Trinajstić information content (AvgIpc) is 2.15. The van der Waals surface area contributed by atoms with E-state index in [9.17, 15) is 22.3 Å². The minimum atomic E-state index is -4.47. The van der Waals surface area contributed by atoms with Gasteiger partial charge >= 0.3 is 0 Å². The molecule has 0 radical (unpaired) electrons. The van der Waals surface area contributed by atoms with Crippen molar-refractivity contribution >= 4 is 10.0 Å². The molecule has 0 saturated heterocycles. The first kappa shape index (κ1) is 12.3. The third-order valence-corrected chi connectivity index (χ3v) is 2.42. The van der Waals surface area contributed by atoms with Crippen molar-refractivity contribution in [3.05, 3.63) is 17.3 Å². The van der Waals surface area contributed by atoms with Gasteiger partial charge in [0.2, 0.25) is 5.03 Å². The summed E-state index contributed by atoms with van der Waals surface area (Å²) in [5.41, 5.74) is -1.58. The van der Waals surface area contributed by atoms with E-state index in [0.717, 1.165) is 0 Å². The quantitative estimate of drug-likeness (QED) is 0.778. The fourth-order valence-electron chi connectivity index (χ4n) is 0.929. The molecule has 0 unspecified atom stereocenters. The van der Waals surface area contributed by atoms with Gasteiger partial charge in [-0.25, -0.2) is 27.3 Å². The number of nitrogens with zero attached hydrogens (tertiary/aromatic N) is 2. The number of halogens is 2. The number of aromatic nitrogens is 1. The standard InChI is InChI=1S/C7H5F2N3O3S/c8-6(9)4-1-3(2-10)5(13)7(12-4)16(11,14)15/h1,6,13H,(H2,11,14,15). The van der Waals surface area contributed by atoms with E-state index in [2.05, 4.69) is 10.1 Å². The maximum absolute atomic E-state index is 12.3. The SMILES string of the molecule is N#Cc1cc(C(F)F)nc(S(N)(=O)=O)c1O. The molecule has 9 heteroatoms. The molecular weight excluding hydrogens is 244 g/mol. The third kappa shape index (κ3) is 2.23. The number of sulfonamides is 1. The van der Waals surface area contributed by atoms with Crippen LogP contribution in [0.25, 0.3) is 0 Å². The summed E-state index contributed by atoms with van der Waals surface area (Å²) in [4.78, 5) is 2.99. The van der Waals surface area contributed by atoms with Crippen LogP contribution in [0, 0.1) is 11.3 Å². The molecule has 0 atom stereocenters. The number of alkyl halides is 2. The van der Waals surface area contributed by atoms with Crippen LogP contribution in [0.2, 0.25) is 0 Å². The van der Waals surface area contributed by atoms with E-state index < -0.39 is 38.5 Å². The van der Waals surface area contributed by atoms with Crippen molar-refractivity contribution in [2.45, 2.75) is 11.5 Å². The molecule has 86 valence electrons. The van der Waals surface area contributed by atoms with Gasteiger partial charge in [0, 0.05) is 0 Å². The van der Waals surface area contributed by atoms with Gasteiger partial charge in [0.1, 0.15) is 11.8 Å². The molecule has 0 bridgehead atoms. The van der Waals surface area contributed by atoms with Crippen molar-refractivity contribution in [1.82, 2.24) is 4.98 Å². The lowest BCUT2D eigenvalue weighted by molar-refractivity contribution is 0.145. The van der Waals surface area contributed by atoms with Gasteiger partial charge in [-0.3, -0.25) is 0 Å². The molecule has 0 aromatic carbocycles. The Balaban J connectivity index is 3.63. The Hall–Kier alpha value is -1.79. The average molecular weight is 249 g/mol. The largest absolute Gasteiger partial charge is 0.504 e. The highest BCUT2D eigenvalue weighted by Gasteiger charge is 2.23. The van der Waals surface area contributed by atoms with Crippen molar-refractivity contribution in [2.24, 2.45) is 5.14 Å². The number of primary sulfonamides is 1. The monoisotopic (exact) mass is 249 g/mol. The fourth-order valence-corrected chi connectivity index (χ4v) is 1.54. The molecule has 0 fully saturated rings. The van der Waals surface area contributed by atoms with E-state index in [1.807, 2.05) is 0 Å². The van der Waals surface area contributed by atoms with Gasteiger partial charge in [-0.1, -0.05) is 0 Å². The number of nitriles is 1. The second kappa shape index (κ2) is 3.99. The first-order chi connectivity index (χ1) is 7.27. The second-order valence-electron chi connectivity index (χ2n) is 2.71. The van der Waals surface area contributed by atoms with E-state index in [1.165, 1.54) is 6.07 Å². The maximum atomic E-state index is 12.3. The zero-order chi connectivity index (χ0) is 12.5. The molecule has 16 heavy (non-hydrogen) atoms. The van der Waals surface area contributed by atoms with Gasteiger partial charge in [-0.15, -0.1) is 0 Å². The molecule has 0 aliphatic rings. The molecule has 1 aromatic heterocycles. The molecule has 0 aliphatic heterocycles. The number of pyridine rings is 1. The number of hydrogen-bond acceptors (Lipinski definition) is 5. The Kier molecular flexibility index (Phi) is 3.06. The Morgan fingerprint density at radius 2 is 2.12 bits per heavy atom. The van der Waals surface area contributed by atoms with Crippen LogP contribution in [0.1, 0.15) is 17.7 Å². The highest BCUT2D eigenvalue weighted by Crippen LogP contribution is 2.28. The molecular formula is C7H5F2N3O3S. The van der Waals surface area contributed by atoms with Crippen molar-refractivity contribution in [3.8, 4) is 11.8 Å². The van der Waals surface area contributed by atoms with Gasteiger partial charge in [-0.05, 0) is 6.07 Å². The topological polar surface area (TPSA) is 117 Å². The van der Waals surface area contributed by atoms with Crippen LogP contribution in [-0.4, -0.2) is 18.5 Å². The molecule has 1 aromatic rings. The molecule has 0 saturated carbocycles. The molecule has 6 nitrogen and oxygen atoms in total. The molecule has 0 amide bonds. The van der Waals surface area contributed by atoms with Gasteiger partial charge in [-0.2, -0.15) is 5.26 Å². The zero-order valence-electron chi connectivity index (χ0n) is 7.55. The smallest absolute Gasteiger partial charge is 0.280 e. The predicted molar refractivity (Wildman–Crippen MR) is 46.9 cm³/mol. The van der Waals surface area contributed by atoms with Gasteiger partial charge in [0.05, 0.1) is 5.56 Å². The van der Waals surface area contributed by atoms with Crippen molar-refractivity contribution in [3.63, 3.8) is 0 Å². The van der Waals surface area contributed by atoms with Crippen LogP contribution >= 0.6 is 0 Å². The first-order valence-electron chi connectivity index (χ1n) is 3.72. The summed E-state index contributed by atoms with van der Waals surface area (Å²) in [6.45, 7) is 0. The van der Waals surface area contributed by atoms with Crippen molar-refractivity contribution in [2.75, 3.05) is 0 Å². The molecule has 3 N–H and O–H groups in total. The lowest BCUT2D eigenvalue weighted by atomic mass is 10.2. The van der Waals surface area contributed by atoms with Crippen LogP contribution < -0.4 is 5.14 Å². The number of hydrogen-bond donors (Lipinski definition) is 2. The minimum absolute atomic E-state index is 0.592. The van der Waals surface area contributed by atoms with Gasteiger partial charge in [0.25, 0.3) is 16.4 Å². The zero-order valence-corrected chi connectivity index (χ0v) is 8.37. The number of nitrogens with two attached hydrogens (primary N) is 1. The fraction of sp³-hybridized carbons (Fsp3) is 0.143. The summed E-state index contributed by atoms with van der Waals surface area (Å²) in [7, 11) is -4.47. The Morgan fingerprint density at radius 3 is 2.50 bits per heavy atom. The number of rotatable bonds is 2. The summed E-state index contributed by atoms with van der Waals surface area (Å²) >= 11 is 0. The van der Waals surface area contributed by atoms with E-state index >= 15 is 0 Å². The normalized spacial score (nSPS) is 11.4. The van der Waals surface area contributed by atoms with Crippen LogP contribution in [0.15, 0.2) is 11.1 Å². The van der Waals surface area contributed by atoms with Crippen LogP contribution in [0.5, 0.6) is 5.75 Å². The van der Waals surface area contributed by atoms with E-state index in [4.69, 9.17) is 5.26 Å². The Labute approximate surface area is 89.0 Å². The highest BCUT2D eigenvalue weighted by atomic mass is 32.2. The van der Waals surface area contributed by atoms with E-state index in [0.29, 0.717) is 6.07 Å². The lowest BCUT2D eigenvalue weighted by Crippen LogP contribution is -2.15. The van der Waals surface area contributed by atoms with E-state index in [1.54, 1.807) is 0 Å². The highest BCUT2D eigenvalue weighted by molar-refractivity contribution is 7.89. The minimum Gasteiger partial charge on any atom is -0.504 e. The van der Waals surface area contributed by atoms with E-state index in [-0.39, 0.29) is 0 Å². The predicted octanol–water partition coefficient (Wildman–Crippen LogP) is 0.244.